The summed E-state index contributed by atoms with van der Waals surface area (Å²) in [5.41, 5.74) is 0.326. The van der Waals surface area contributed by atoms with Crippen molar-refractivity contribution in [3.63, 3.8) is 0 Å². The van der Waals surface area contributed by atoms with Gasteiger partial charge in [-0.2, -0.15) is 0 Å². The smallest absolute Gasteiger partial charge is 0.309 e. The lowest BCUT2D eigenvalue weighted by atomic mass is 10.1. The van der Waals surface area contributed by atoms with Gasteiger partial charge in [-0.15, -0.1) is 11.3 Å². The van der Waals surface area contributed by atoms with Gasteiger partial charge in [-0.05, 0) is 20.8 Å². The minimum Gasteiger partial charge on any atom is -0.481 e. The molecule has 0 radical (unpaired) electrons. The van der Waals surface area contributed by atoms with Gasteiger partial charge in [-0.1, -0.05) is 0 Å². The zero-order chi connectivity index (χ0) is 12.9. The summed E-state index contributed by atoms with van der Waals surface area (Å²) in [5.74, 6) is -0.864. The third-order valence-corrected chi connectivity index (χ3v) is 2.93. The Kier molecular flexibility index (Phi) is 4.89. The van der Waals surface area contributed by atoms with Gasteiger partial charge in [0.05, 0.1) is 17.7 Å². The van der Waals surface area contributed by atoms with E-state index in [4.69, 9.17) is 9.84 Å². The SMILES string of the molecule is CCOC(C)(C)CNc1nc(CC(=O)O)cs1. The van der Waals surface area contributed by atoms with Crippen molar-refractivity contribution in [2.45, 2.75) is 32.8 Å². The van der Waals surface area contributed by atoms with Gasteiger partial charge in [0.1, 0.15) is 0 Å². The van der Waals surface area contributed by atoms with E-state index in [1.807, 2.05) is 20.8 Å². The first kappa shape index (κ1) is 13.9. The molecule has 0 aromatic carbocycles. The van der Waals surface area contributed by atoms with Gasteiger partial charge in [0.25, 0.3) is 0 Å². The highest BCUT2D eigenvalue weighted by Gasteiger charge is 2.17. The molecule has 1 aromatic rings. The highest BCUT2D eigenvalue weighted by molar-refractivity contribution is 7.13. The number of aromatic nitrogens is 1. The second-order valence-corrected chi connectivity index (χ2v) is 5.12. The maximum atomic E-state index is 10.5. The molecule has 0 spiro atoms. The molecule has 0 amide bonds. The predicted molar refractivity (Wildman–Crippen MR) is 67.6 cm³/mol. The fourth-order valence-corrected chi connectivity index (χ4v) is 2.06. The highest BCUT2D eigenvalue weighted by atomic mass is 32.1. The number of hydrogen-bond acceptors (Lipinski definition) is 5. The number of ether oxygens (including phenoxy) is 1. The van der Waals surface area contributed by atoms with Crippen LogP contribution in [0, 0.1) is 0 Å². The van der Waals surface area contributed by atoms with E-state index in [1.165, 1.54) is 11.3 Å². The van der Waals surface area contributed by atoms with Crippen LogP contribution < -0.4 is 5.32 Å². The van der Waals surface area contributed by atoms with E-state index >= 15 is 0 Å². The third-order valence-electron chi connectivity index (χ3n) is 2.08. The van der Waals surface area contributed by atoms with E-state index in [0.29, 0.717) is 18.8 Å². The van der Waals surface area contributed by atoms with Gasteiger partial charge in [-0.3, -0.25) is 4.79 Å². The Labute approximate surface area is 105 Å². The van der Waals surface area contributed by atoms with Gasteiger partial charge in [0.2, 0.25) is 0 Å². The summed E-state index contributed by atoms with van der Waals surface area (Å²) in [5, 5.41) is 14.3. The van der Waals surface area contributed by atoms with Crippen molar-refractivity contribution in [3.8, 4) is 0 Å². The number of carbonyl (C=O) groups is 1. The number of nitrogens with one attached hydrogen (secondary N) is 1. The monoisotopic (exact) mass is 258 g/mol. The summed E-state index contributed by atoms with van der Waals surface area (Å²) in [6.07, 6.45) is -0.0347. The normalized spacial score (nSPS) is 11.5. The molecule has 2 N–H and O–H groups in total. The van der Waals surface area contributed by atoms with Crippen LogP contribution in [-0.2, 0) is 16.0 Å². The van der Waals surface area contributed by atoms with Crippen molar-refractivity contribution in [1.29, 1.82) is 0 Å². The zero-order valence-corrected chi connectivity index (χ0v) is 11.1. The molecule has 0 fully saturated rings. The number of rotatable bonds is 7. The summed E-state index contributed by atoms with van der Waals surface area (Å²) in [6.45, 7) is 7.25. The summed E-state index contributed by atoms with van der Waals surface area (Å²) < 4.78 is 5.54. The lowest BCUT2D eigenvalue weighted by Crippen LogP contribution is -2.33. The molecule has 1 rings (SSSR count). The van der Waals surface area contributed by atoms with Gasteiger partial charge < -0.3 is 15.2 Å². The Morgan fingerprint density at radius 3 is 2.94 bits per heavy atom. The molecule has 1 heterocycles. The van der Waals surface area contributed by atoms with Crippen molar-refractivity contribution in [2.24, 2.45) is 0 Å². The van der Waals surface area contributed by atoms with Crippen molar-refractivity contribution >= 4 is 22.4 Å². The predicted octanol–water partition coefficient (Wildman–Crippen LogP) is 2.00. The van der Waals surface area contributed by atoms with Crippen LogP contribution in [0.2, 0.25) is 0 Å². The van der Waals surface area contributed by atoms with Crippen LogP contribution in [0.5, 0.6) is 0 Å². The maximum Gasteiger partial charge on any atom is 0.309 e. The van der Waals surface area contributed by atoms with Crippen LogP contribution in [0.1, 0.15) is 26.5 Å². The Morgan fingerprint density at radius 2 is 2.35 bits per heavy atom. The molecule has 0 saturated carbocycles. The highest BCUT2D eigenvalue weighted by Crippen LogP contribution is 2.18. The molecular formula is C11H18N2O3S. The number of carboxylic acid groups (broad SMARTS) is 1. The van der Waals surface area contributed by atoms with Gasteiger partial charge in [0, 0.05) is 18.5 Å². The summed E-state index contributed by atoms with van der Waals surface area (Å²) in [7, 11) is 0. The first-order valence-corrected chi connectivity index (χ1v) is 6.35. The molecule has 17 heavy (non-hydrogen) atoms. The fourth-order valence-electron chi connectivity index (χ4n) is 1.35. The number of carboxylic acids is 1. The molecule has 0 saturated heterocycles. The zero-order valence-electron chi connectivity index (χ0n) is 10.3. The number of anilines is 1. The average molecular weight is 258 g/mol. The first-order chi connectivity index (χ1) is 7.93. The molecule has 0 bridgehead atoms. The average Bonchev–Trinajstić information content (AvgIpc) is 2.62. The molecule has 0 atom stereocenters. The van der Waals surface area contributed by atoms with E-state index < -0.39 is 5.97 Å². The third kappa shape index (κ3) is 5.14. The molecule has 0 aliphatic rings. The van der Waals surface area contributed by atoms with E-state index in [-0.39, 0.29) is 12.0 Å². The molecule has 96 valence electrons. The quantitative estimate of drug-likeness (QED) is 0.782. The maximum absolute atomic E-state index is 10.5. The topological polar surface area (TPSA) is 71.5 Å². The lowest BCUT2D eigenvalue weighted by molar-refractivity contribution is -0.136. The van der Waals surface area contributed by atoms with Crippen LogP contribution >= 0.6 is 11.3 Å². The van der Waals surface area contributed by atoms with Gasteiger partial charge >= 0.3 is 5.97 Å². The largest absolute Gasteiger partial charge is 0.481 e. The summed E-state index contributed by atoms with van der Waals surface area (Å²) >= 11 is 1.41. The van der Waals surface area contributed by atoms with Crippen LogP contribution in [-0.4, -0.2) is 34.8 Å². The Balaban J connectivity index is 2.47. The first-order valence-electron chi connectivity index (χ1n) is 5.47. The molecular weight excluding hydrogens is 240 g/mol. The minimum atomic E-state index is -0.864. The van der Waals surface area contributed by atoms with Crippen LogP contribution in [0.25, 0.3) is 0 Å². The van der Waals surface area contributed by atoms with E-state index in [9.17, 15) is 4.79 Å². The van der Waals surface area contributed by atoms with Crippen LogP contribution in [0.4, 0.5) is 5.13 Å². The standard InChI is InChI=1S/C11H18N2O3S/c1-4-16-11(2,3)7-12-10-13-8(6-17-10)5-9(14)15/h6H,4-5,7H2,1-3H3,(H,12,13)(H,14,15). The van der Waals surface area contributed by atoms with Crippen molar-refractivity contribution in [3.05, 3.63) is 11.1 Å². The van der Waals surface area contributed by atoms with Crippen LogP contribution in [0.3, 0.4) is 0 Å². The molecule has 5 nitrogen and oxygen atoms in total. The van der Waals surface area contributed by atoms with Gasteiger partial charge in [-0.25, -0.2) is 4.98 Å². The Hall–Kier alpha value is -1.14. The Morgan fingerprint density at radius 1 is 1.65 bits per heavy atom. The van der Waals surface area contributed by atoms with Crippen molar-refractivity contribution < 1.29 is 14.6 Å². The van der Waals surface area contributed by atoms with Gasteiger partial charge in [0.15, 0.2) is 5.13 Å². The molecule has 0 unspecified atom stereocenters. The molecule has 0 aliphatic carbocycles. The second-order valence-electron chi connectivity index (χ2n) is 4.26. The molecule has 1 aromatic heterocycles. The molecule has 6 heteroatoms. The van der Waals surface area contributed by atoms with Crippen molar-refractivity contribution in [1.82, 2.24) is 4.98 Å². The lowest BCUT2D eigenvalue weighted by Gasteiger charge is -2.24. The number of nitrogens with zero attached hydrogens (tertiary/aromatic N) is 1. The number of aliphatic carboxylic acids is 1. The number of thiazole rings is 1. The number of hydrogen-bond donors (Lipinski definition) is 2. The van der Waals surface area contributed by atoms with Crippen molar-refractivity contribution in [2.75, 3.05) is 18.5 Å². The fraction of sp³-hybridized carbons (Fsp3) is 0.636. The molecule has 0 aliphatic heterocycles. The summed E-state index contributed by atoms with van der Waals surface area (Å²) in [6, 6.07) is 0. The Bertz CT molecular complexity index is 377. The summed E-state index contributed by atoms with van der Waals surface area (Å²) in [4.78, 5) is 14.7. The van der Waals surface area contributed by atoms with E-state index in [2.05, 4.69) is 10.3 Å². The minimum absolute atomic E-state index is 0.0347. The van der Waals surface area contributed by atoms with E-state index in [0.717, 1.165) is 5.13 Å². The van der Waals surface area contributed by atoms with Crippen LogP contribution in [0.15, 0.2) is 5.38 Å². The van der Waals surface area contributed by atoms with E-state index in [1.54, 1.807) is 5.38 Å². The second kappa shape index (κ2) is 5.97.